The summed E-state index contributed by atoms with van der Waals surface area (Å²) < 4.78 is 1.94. The van der Waals surface area contributed by atoms with Crippen molar-refractivity contribution in [1.29, 1.82) is 0 Å². The van der Waals surface area contributed by atoms with Crippen LogP contribution in [-0.2, 0) is 13.1 Å². The smallest absolute Gasteiger partial charge is 0.148 e. The van der Waals surface area contributed by atoms with Crippen LogP contribution < -0.4 is 11.1 Å². The Bertz CT molecular complexity index is 559. The molecule has 0 radical (unpaired) electrons. The van der Waals surface area contributed by atoms with Gasteiger partial charge in [0.05, 0.1) is 11.4 Å². The fourth-order valence-corrected chi connectivity index (χ4v) is 2.02. The third kappa shape index (κ3) is 2.86. The lowest BCUT2D eigenvalue weighted by Crippen LogP contribution is -2.10. The zero-order chi connectivity index (χ0) is 13.8. The molecule has 2 rings (SSSR count). The summed E-state index contributed by atoms with van der Waals surface area (Å²) in [5.41, 5.74) is 10.1. The first-order chi connectivity index (χ1) is 9.13. The number of hydrogen-bond donors (Lipinski definition) is 2. The highest BCUT2D eigenvalue weighted by Gasteiger charge is 2.11. The highest BCUT2D eigenvalue weighted by atomic mass is 15.3. The van der Waals surface area contributed by atoms with Crippen molar-refractivity contribution in [3.63, 3.8) is 0 Å². The maximum absolute atomic E-state index is 6.07. The molecule has 0 aliphatic heterocycles. The molecule has 0 aliphatic rings. The van der Waals surface area contributed by atoms with Crippen LogP contribution in [0.5, 0.6) is 0 Å². The van der Waals surface area contributed by atoms with E-state index in [0.29, 0.717) is 6.54 Å². The largest absolute Gasteiger partial charge is 0.394 e. The van der Waals surface area contributed by atoms with Gasteiger partial charge in [0.25, 0.3) is 0 Å². The fourth-order valence-electron chi connectivity index (χ4n) is 2.02. The van der Waals surface area contributed by atoms with Gasteiger partial charge in [-0.15, -0.1) is 0 Å². The second kappa shape index (κ2) is 5.73. The molecule has 0 amide bonds. The van der Waals surface area contributed by atoms with Gasteiger partial charge >= 0.3 is 0 Å². The van der Waals surface area contributed by atoms with Gasteiger partial charge in [-0.3, -0.25) is 4.98 Å². The van der Waals surface area contributed by atoms with Crippen LogP contribution in [0.2, 0.25) is 0 Å². The van der Waals surface area contributed by atoms with E-state index >= 15 is 0 Å². The highest BCUT2D eigenvalue weighted by Crippen LogP contribution is 2.23. The number of anilines is 2. The van der Waals surface area contributed by atoms with Crippen molar-refractivity contribution in [2.75, 3.05) is 11.1 Å². The number of aromatic nitrogens is 3. The van der Waals surface area contributed by atoms with Gasteiger partial charge in [0, 0.05) is 25.5 Å². The zero-order valence-corrected chi connectivity index (χ0v) is 11.8. The molecule has 2 aromatic heterocycles. The van der Waals surface area contributed by atoms with E-state index in [-0.39, 0.29) is 0 Å². The standard InChI is InChI=1S/C14H21N5/c1-4-7-19-14(13(15)11(3)18-19)17-9-12-8-16-6-5-10(12)2/h5-6,8,17H,4,7,9,15H2,1-3H3. The molecule has 2 aromatic rings. The van der Waals surface area contributed by atoms with E-state index in [1.165, 1.54) is 11.1 Å². The maximum atomic E-state index is 6.07. The van der Waals surface area contributed by atoms with Crippen LogP contribution in [0.1, 0.15) is 30.2 Å². The molecule has 0 fully saturated rings. The summed E-state index contributed by atoms with van der Waals surface area (Å²) >= 11 is 0. The van der Waals surface area contributed by atoms with Crippen LogP contribution in [-0.4, -0.2) is 14.8 Å². The van der Waals surface area contributed by atoms with Crippen molar-refractivity contribution >= 4 is 11.5 Å². The van der Waals surface area contributed by atoms with Crippen LogP contribution in [0.3, 0.4) is 0 Å². The number of nitrogens with zero attached hydrogens (tertiary/aromatic N) is 3. The normalized spacial score (nSPS) is 10.7. The molecule has 0 unspecified atom stereocenters. The lowest BCUT2D eigenvalue weighted by atomic mass is 10.1. The second-order valence-corrected chi connectivity index (χ2v) is 4.73. The van der Waals surface area contributed by atoms with Crippen molar-refractivity contribution < 1.29 is 0 Å². The van der Waals surface area contributed by atoms with Gasteiger partial charge in [-0.2, -0.15) is 5.10 Å². The number of nitrogens with one attached hydrogen (secondary N) is 1. The monoisotopic (exact) mass is 259 g/mol. The van der Waals surface area contributed by atoms with Gasteiger partial charge < -0.3 is 11.1 Å². The van der Waals surface area contributed by atoms with Crippen molar-refractivity contribution in [1.82, 2.24) is 14.8 Å². The Morgan fingerprint density at radius 1 is 1.37 bits per heavy atom. The van der Waals surface area contributed by atoms with Crippen LogP contribution in [0.15, 0.2) is 18.5 Å². The van der Waals surface area contributed by atoms with Crippen molar-refractivity contribution in [3.05, 3.63) is 35.3 Å². The summed E-state index contributed by atoms with van der Waals surface area (Å²) in [6.45, 7) is 7.71. The molecule has 5 heteroatoms. The molecule has 0 spiro atoms. The Morgan fingerprint density at radius 3 is 2.84 bits per heavy atom. The predicted molar refractivity (Wildman–Crippen MR) is 78.0 cm³/mol. The van der Waals surface area contributed by atoms with Gasteiger partial charge in [0.15, 0.2) is 0 Å². The van der Waals surface area contributed by atoms with Crippen LogP contribution >= 0.6 is 0 Å². The molecule has 0 bridgehead atoms. The average Bonchev–Trinajstić information content (AvgIpc) is 2.65. The molecule has 19 heavy (non-hydrogen) atoms. The van der Waals surface area contributed by atoms with E-state index < -0.39 is 0 Å². The Balaban J connectivity index is 2.17. The van der Waals surface area contributed by atoms with E-state index in [1.807, 2.05) is 23.9 Å². The van der Waals surface area contributed by atoms with Crippen LogP contribution in [0, 0.1) is 13.8 Å². The van der Waals surface area contributed by atoms with E-state index in [4.69, 9.17) is 5.73 Å². The Kier molecular flexibility index (Phi) is 4.04. The lowest BCUT2D eigenvalue weighted by Gasteiger charge is -2.11. The molecule has 0 aliphatic carbocycles. The number of nitrogen functional groups attached to an aromatic ring is 1. The molecular formula is C14H21N5. The minimum Gasteiger partial charge on any atom is -0.394 e. The third-order valence-electron chi connectivity index (χ3n) is 3.20. The third-order valence-corrected chi connectivity index (χ3v) is 3.20. The van der Waals surface area contributed by atoms with E-state index in [0.717, 1.165) is 30.2 Å². The van der Waals surface area contributed by atoms with E-state index in [9.17, 15) is 0 Å². The van der Waals surface area contributed by atoms with Gasteiger partial charge in [0.1, 0.15) is 5.82 Å². The minimum absolute atomic E-state index is 0.707. The lowest BCUT2D eigenvalue weighted by molar-refractivity contribution is 0.602. The summed E-state index contributed by atoms with van der Waals surface area (Å²) in [7, 11) is 0. The minimum atomic E-state index is 0.707. The topological polar surface area (TPSA) is 68.8 Å². The molecule has 102 valence electrons. The molecule has 2 heterocycles. The summed E-state index contributed by atoms with van der Waals surface area (Å²) in [5, 5.41) is 7.83. The summed E-state index contributed by atoms with van der Waals surface area (Å²) in [6, 6.07) is 2.01. The average molecular weight is 259 g/mol. The Morgan fingerprint density at radius 2 is 2.16 bits per heavy atom. The SMILES string of the molecule is CCCn1nc(C)c(N)c1NCc1cnccc1C. The quantitative estimate of drug-likeness (QED) is 0.865. The number of aryl methyl sites for hydroxylation is 3. The zero-order valence-electron chi connectivity index (χ0n) is 11.8. The molecule has 0 saturated heterocycles. The van der Waals surface area contributed by atoms with Crippen molar-refractivity contribution in [3.8, 4) is 0 Å². The maximum Gasteiger partial charge on any atom is 0.148 e. The summed E-state index contributed by atoms with van der Waals surface area (Å²) in [6.07, 6.45) is 4.71. The summed E-state index contributed by atoms with van der Waals surface area (Å²) in [5.74, 6) is 0.905. The molecule has 5 nitrogen and oxygen atoms in total. The number of pyridine rings is 1. The van der Waals surface area contributed by atoms with Crippen LogP contribution in [0.25, 0.3) is 0 Å². The van der Waals surface area contributed by atoms with Crippen molar-refractivity contribution in [2.24, 2.45) is 0 Å². The Hall–Kier alpha value is -2.04. The van der Waals surface area contributed by atoms with Gasteiger partial charge in [0.2, 0.25) is 0 Å². The van der Waals surface area contributed by atoms with Crippen LogP contribution in [0.4, 0.5) is 11.5 Å². The molecule has 0 saturated carbocycles. The summed E-state index contributed by atoms with van der Waals surface area (Å²) in [4.78, 5) is 4.15. The fraction of sp³-hybridized carbons (Fsp3) is 0.429. The first-order valence-corrected chi connectivity index (χ1v) is 6.59. The van der Waals surface area contributed by atoms with E-state index in [2.05, 4.69) is 29.2 Å². The number of rotatable bonds is 5. The number of nitrogens with two attached hydrogens (primary N) is 1. The van der Waals surface area contributed by atoms with Gasteiger partial charge in [-0.1, -0.05) is 6.92 Å². The van der Waals surface area contributed by atoms with Crippen molar-refractivity contribution in [2.45, 2.75) is 40.3 Å². The number of hydrogen-bond acceptors (Lipinski definition) is 4. The molecule has 3 N–H and O–H groups in total. The van der Waals surface area contributed by atoms with E-state index in [1.54, 1.807) is 6.20 Å². The molecule has 0 atom stereocenters. The van der Waals surface area contributed by atoms with Gasteiger partial charge in [-0.05, 0) is 37.5 Å². The molecule has 0 aromatic carbocycles. The predicted octanol–water partition coefficient (Wildman–Crippen LogP) is 2.50. The highest BCUT2D eigenvalue weighted by molar-refractivity contribution is 5.64. The first-order valence-electron chi connectivity index (χ1n) is 6.59. The van der Waals surface area contributed by atoms with Gasteiger partial charge in [-0.25, -0.2) is 4.68 Å². The Labute approximate surface area is 113 Å². The molecular weight excluding hydrogens is 238 g/mol. The second-order valence-electron chi connectivity index (χ2n) is 4.73. The first kappa shape index (κ1) is 13.4.